The van der Waals surface area contributed by atoms with E-state index in [1.54, 1.807) is 0 Å². The van der Waals surface area contributed by atoms with Gasteiger partial charge in [-0.25, -0.2) is 0 Å². The summed E-state index contributed by atoms with van der Waals surface area (Å²) in [6.07, 6.45) is 10.4. The van der Waals surface area contributed by atoms with Gasteiger partial charge in [0.05, 0.1) is 5.60 Å². The summed E-state index contributed by atoms with van der Waals surface area (Å²) in [7, 11) is 0. The highest BCUT2D eigenvalue weighted by atomic mass is 16.3. The minimum atomic E-state index is -0.475. The molecule has 5 fully saturated rings. The van der Waals surface area contributed by atoms with Crippen LogP contribution in [0.3, 0.4) is 0 Å². The van der Waals surface area contributed by atoms with Crippen LogP contribution in [0.1, 0.15) is 77.6 Å². The van der Waals surface area contributed by atoms with E-state index < -0.39 is 5.60 Å². The Morgan fingerprint density at radius 3 is 2.65 bits per heavy atom. The van der Waals surface area contributed by atoms with Gasteiger partial charge in [0, 0.05) is 32.0 Å². The second-order valence-corrected chi connectivity index (χ2v) is 9.78. The van der Waals surface area contributed by atoms with Crippen molar-refractivity contribution in [2.45, 2.75) is 89.2 Å². The minimum absolute atomic E-state index is 0.0946. The van der Waals surface area contributed by atoms with E-state index in [2.05, 4.69) is 12.2 Å². The smallest absolute Gasteiger partial charge is 0.222 e. The number of likely N-dealkylation sites (tertiary alicyclic amines) is 1. The molecule has 1 aliphatic heterocycles. The topological polar surface area (TPSA) is 69.6 Å². The van der Waals surface area contributed by atoms with Gasteiger partial charge < -0.3 is 15.3 Å². The number of aliphatic hydroxyl groups is 1. The number of rotatable bonds is 6. The predicted octanol–water partition coefficient (Wildman–Crippen LogP) is 2.62. The van der Waals surface area contributed by atoms with E-state index in [9.17, 15) is 14.7 Å². The van der Waals surface area contributed by atoms with Crippen molar-refractivity contribution in [2.75, 3.05) is 13.1 Å². The fourth-order valence-corrected chi connectivity index (χ4v) is 6.79. The Morgan fingerprint density at radius 2 is 2.00 bits per heavy atom. The third-order valence-corrected chi connectivity index (χ3v) is 7.62. The first kappa shape index (κ1) is 18.3. The number of nitrogens with zero attached hydrogens (tertiary/aromatic N) is 1. The SMILES string of the molecule is C[C@@H](NC(=O)CCCN1CCCCC1=O)C12C[C@H]3C[C@@H](CC(O)(C3)C1)C2. The second-order valence-electron chi connectivity index (χ2n) is 9.78. The van der Waals surface area contributed by atoms with Gasteiger partial charge in [-0.05, 0) is 82.0 Å². The van der Waals surface area contributed by atoms with Crippen LogP contribution in [0.2, 0.25) is 0 Å². The Balaban J connectivity index is 1.27. The van der Waals surface area contributed by atoms with E-state index >= 15 is 0 Å². The van der Waals surface area contributed by atoms with Crippen molar-refractivity contribution in [1.29, 1.82) is 0 Å². The molecule has 4 saturated carbocycles. The lowest BCUT2D eigenvalue weighted by Gasteiger charge is -2.62. The molecule has 0 aromatic rings. The predicted molar refractivity (Wildman–Crippen MR) is 99.3 cm³/mol. The Kier molecular flexibility index (Phi) is 4.79. The van der Waals surface area contributed by atoms with Crippen LogP contribution >= 0.6 is 0 Å². The van der Waals surface area contributed by atoms with Gasteiger partial charge in [-0.15, -0.1) is 0 Å². The third kappa shape index (κ3) is 3.51. The Morgan fingerprint density at radius 1 is 1.27 bits per heavy atom. The molecule has 4 aliphatic carbocycles. The zero-order valence-electron chi connectivity index (χ0n) is 16.1. The summed E-state index contributed by atoms with van der Waals surface area (Å²) in [6.45, 7) is 3.69. The fourth-order valence-electron chi connectivity index (χ4n) is 6.79. The van der Waals surface area contributed by atoms with Crippen LogP contribution in [-0.2, 0) is 9.59 Å². The van der Waals surface area contributed by atoms with E-state index in [1.807, 2.05) is 4.90 Å². The molecule has 1 heterocycles. The molecule has 0 aromatic carbocycles. The van der Waals surface area contributed by atoms with Gasteiger partial charge in [0.1, 0.15) is 0 Å². The first-order chi connectivity index (χ1) is 12.4. The van der Waals surface area contributed by atoms with E-state index in [4.69, 9.17) is 0 Å². The van der Waals surface area contributed by atoms with Crippen molar-refractivity contribution in [3.05, 3.63) is 0 Å². The van der Waals surface area contributed by atoms with E-state index in [-0.39, 0.29) is 23.3 Å². The lowest BCUT2D eigenvalue weighted by molar-refractivity contribution is -0.173. The van der Waals surface area contributed by atoms with Crippen molar-refractivity contribution in [3.8, 4) is 0 Å². The monoisotopic (exact) mass is 362 g/mol. The van der Waals surface area contributed by atoms with Crippen molar-refractivity contribution in [1.82, 2.24) is 10.2 Å². The molecule has 0 unspecified atom stereocenters. The van der Waals surface area contributed by atoms with Gasteiger partial charge >= 0.3 is 0 Å². The van der Waals surface area contributed by atoms with Crippen LogP contribution in [0, 0.1) is 17.3 Å². The molecule has 26 heavy (non-hydrogen) atoms. The largest absolute Gasteiger partial charge is 0.390 e. The number of nitrogens with one attached hydrogen (secondary N) is 1. The second kappa shape index (κ2) is 6.81. The maximum atomic E-state index is 12.5. The zero-order chi connectivity index (χ0) is 18.4. The number of hydrogen-bond acceptors (Lipinski definition) is 3. The molecule has 2 N–H and O–H groups in total. The Labute approximate surface area is 156 Å². The standard InChI is InChI=1S/C21H34N2O3/c1-15(20-10-16-9-17(11-20)13-21(26,12-16)14-20)22-18(24)5-4-8-23-7-3-2-6-19(23)25/h15-17,26H,2-14H2,1H3,(H,22,24)/t15-,16-,17-,20?,21?/m1/s1. The molecule has 4 bridgehead atoms. The summed E-state index contributed by atoms with van der Waals surface area (Å²) in [5, 5.41) is 14.2. The molecule has 0 aromatic heterocycles. The van der Waals surface area contributed by atoms with Crippen molar-refractivity contribution >= 4 is 11.8 Å². The van der Waals surface area contributed by atoms with E-state index in [0.717, 1.165) is 57.9 Å². The molecule has 0 radical (unpaired) electrons. The summed E-state index contributed by atoms with van der Waals surface area (Å²) in [5.41, 5.74) is -0.380. The lowest BCUT2D eigenvalue weighted by atomic mass is 9.46. The quantitative estimate of drug-likeness (QED) is 0.763. The maximum absolute atomic E-state index is 12.5. The lowest BCUT2D eigenvalue weighted by Crippen LogP contribution is -2.61. The van der Waals surface area contributed by atoms with Crippen LogP contribution < -0.4 is 5.32 Å². The molecule has 1 saturated heterocycles. The average Bonchev–Trinajstić information content (AvgIpc) is 2.54. The van der Waals surface area contributed by atoms with Crippen LogP contribution in [0.25, 0.3) is 0 Å². The minimum Gasteiger partial charge on any atom is -0.390 e. The summed E-state index contributed by atoms with van der Waals surface area (Å²) < 4.78 is 0. The Hall–Kier alpha value is -1.10. The van der Waals surface area contributed by atoms with Gasteiger partial charge in [-0.1, -0.05) is 0 Å². The van der Waals surface area contributed by atoms with Crippen LogP contribution in [0.15, 0.2) is 0 Å². The van der Waals surface area contributed by atoms with Gasteiger partial charge in [0.25, 0.3) is 0 Å². The molecule has 5 aliphatic rings. The molecule has 2 amide bonds. The van der Waals surface area contributed by atoms with Crippen LogP contribution in [0.5, 0.6) is 0 Å². The molecule has 5 nitrogen and oxygen atoms in total. The van der Waals surface area contributed by atoms with E-state index in [1.165, 1.54) is 6.42 Å². The van der Waals surface area contributed by atoms with Crippen molar-refractivity contribution in [2.24, 2.45) is 17.3 Å². The summed E-state index contributed by atoms with van der Waals surface area (Å²) in [6, 6.07) is 0.129. The molecule has 146 valence electrons. The third-order valence-electron chi connectivity index (χ3n) is 7.62. The highest BCUT2D eigenvalue weighted by molar-refractivity contribution is 5.77. The molecule has 5 rings (SSSR count). The van der Waals surface area contributed by atoms with Gasteiger partial charge in [0.2, 0.25) is 11.8 Å². The van der Waals surface area contributed by atoms with Gasteiger partial charge in [-0.3, -0.25) is 9.59 Å². The maximum Gasteiger partial charge on any atom is 0.222 e. The molecular formula is C21H34N2O3. The Bertz CT molecular complexity index is 562. The summed E-state index contributed by atoms with van der Waals surface area (Å²) >= 11 is 0. The highest BCUT2D eigenvalue weighted by Crippen LogP contribution is 2.62. The summed E-state index contributed by atoms with van der Waals surface area (Å²) in [4.78, 5) is 26.2. The highest BCUT2D eigenvalue weighted by Gasteiger charge is 2.58. The normalized spacial score (nSPS) is 39.9. The van der Waals surface area contributed by atoms with Crippen LogP contribution in [0.4, 0.5) is 0 Å². The van der Waals surface area contributed by atoms with Crippen molar-refractivity contribution in [3.63, 3.8) is 0 Å². The van der Waals surface area contributed by atoms with Crippen LogP contribution in [-0.4, -0.2) is 46.6 Å². The number of piperidine rings is 1. The number of carbonyl (C=O) groups is 2. The van der Waals surface area contributed by atoms with Gasteiger partial charge in [0.15, 0.2) is 0 Å². The number of carbonyl (C=O) groups excluding carboxylic acids is 2. The summed E-state index contributed by atoms with van der Waals surface area (Å²) in [5.74, 6) is 1.63. The average molecular weight is 363 g/mol. The van der Waals surface area contributed by atoms with Crippen molar-refractivity contribution < 1.29 is 14.7 Å². The molecular weight excluding hydrogens is 328 g/mol. The number of amides is 2. The number of hydrogen-bond donors (Lipinski definition) is 2. The zero-order valence-corrected chi connectivity index (χ0v) is 16.1. The fraction of sp³-hybridized carbons (Fsp3) is 0.905. The molecule has 3 atom stereocenters. The molecule has 5 heteroatoms. The van der Waals surface area contributed by atoms with E-state index in [0.29, 0.717) is 31.2 Å². The molecule has 0 spiro atoms. The first-order valence-electron chi connectivity index (χ1n) is 10.7. The van der Waals surface area contributed by atoms with Gasteiger partial charge in [-0.2, -0.15) is 0 Å². The first-order valence-corrected chi connectivity index (χ1v) is 10.7.